The molecule has 3 aromatic rings. The number of aryl methyl sites for hydroxylation is 1. The topological polar surface area (TPSA) is 83.4 Å². The molecule has 0 atom stereocenters. The molecule has 1 fully saturated rings. The van der Waals surface area contributed by atoms with Crippen molar-refractivity contribution >= 4 is 23.0 Å². The number of hydrogen-bond acceptors (Lipinski definition) is 5. The Bertz CT molecular complexity index is 1130. The van der Waals surface area contributed by atoms with Gasteiger partial charge in [-0.15, -0.1) is 0 Å². The van der Waals surface area contributed by atoms with Gasteiger partial charge >= 0.3 is 6.03 Å². The van der Waals surface area contributed by atoms with Crippen molar-refractivity contribution in [2.75, 3.05) is 31.1 Å². The standard InChI is InChI=1S/C23H28N6O2/c1-16(2)25-23(31)28-13-11-27(12-14-28)21-22(30)29(15-18-8-6-17(3)7-9-18)20-19(26-21)5-4-10-24-20/h4-10,16H,11-15H2,1-3H3,(H,25,31). The van der Waals surface area contributed by atoms with E-state index in [9.17, 15) is 9.59 Å². The van der Waals surface area contributed by atoms with Crippen LogP contribution in [0.5, 0.6) is 0 Å². The number of carbonyl (C=O) groups excluding carboxylic acids is 1. The van der Waals surface area contributed by atoms with E-state index >= 15 is 0 Å². The summed E-state index contributed by atoms with van der Waals surface area (Å²) >= 11 is 0. The van der Waals surface area contributed by atoms with Crippen molar-refractivity contribution in [3.8, 4) is 0 Å². The van der Waals surface area contributed by atoms with Gasteiger partial charge in [-0.05, 0) is 38.5 Å². The SMILES string of the molecule is Cc1ccc(Cn2c(=O)c(N3CCN(C(=O)NC(C)C)CC3)nc3cccnc32)cc1. The Morgan fingerprint density at radius 3 is 2.48 bits per heavy atom. The monoisotopic (exact) mass is 420 g/mol. The van der Waals surface area contributed by atoms with Gasteiger partial charge in [-0.1, -0.05) is 29.8 Å². The molecule has 2 aromatic heterocycles. The summed E-state index contributed by atoms with van der Waals surface area (Å²) in [5, 5.41) is 2.92. The van der Waals surface area contributed by atoms with E-state index in [-0.39, 0.29) is 17.6 Å². The lowest BCUT2D eigenvalue weighted by Gasteiger charge is -2.35. The molecule has 1 aliphatic rings. The highest BCUT2D eigenvalue weighted by molar-refractivity contribution is 5.75. The van der Waals surface area contributed by atoms with Crippen LogP contribution >= 0.6 is 0 Å². The molecule has 8 nitrogen and oxygen atoms in total. The molecule has 3 heterocycles. The molecule has 1 aromatic carbocycles. The van der Waals surface area contributed by atoms with Gasteiger partial charge < -0.3 is 15.1 Å². The molecule has 0 bridgehead atoms. The summed E-state index contributed by atoms with van der Waals surface area (Å²) in [6.45, 7) is 8.56. The van der Waals surface area contributed by atoms with E-state index < -0.39 is 0 Å². The molecule has 2 amide bonds. The lowest BCUT2D eigenvalue weighted by molar-refractivity contribution is 0.191. The molecule has 0 radical (unpaired) electrons. The Balaban J connectivity index is 1.63. The number of urea groups is 1. The average Bonchev–Trinajstić information content (AvgIpc) is 2.76. The van der Waals surface area contributed by atoms with Gasteiger partial charge in [0.15, 0.2) is 11.5 Å². The third kappa shape index (κ3) is 4.52. The van der Waals surface area contributed by atoms with Crippen molar-refractivity contribution in [2.24, 2.45) is 0 Å². The Morgan fingerprint density at radius 1 is 1.10 bits per heavy atom. The van der Waals surface area contributed by atoms with Gasteiger partial charge in [-0.3, -0.25) is 9.36 Å². The molecule has 0 aliphatic carbocycles. The van der Waals surface area contributed by atoms with Gasteiger partial charge in [-0.2, -0.15) is 0 Å². The number of pyridine rings is 1. The fourth-order valence-corrected chi connectivity index (χ4v) is 3.75. The van der Waals surface area contributed by atoms with Crippen LogP contribution in [0.3, 0.4) is 0 Å². The van der Waals surface area contributed by atoms with E-state index in [4.69, 9.17) is 0 Å². The first kappa shape index (κ1) is 20.8. The molecule has 0 unspecified atom stereocenters. The Kier molecular flexibility index (Phi) is 5.88. The average molecular weight is 421 g/mol. The number of hydrogen-bond donors (Lipinski definition) is 1. The zero-order valence-corrected chi connectivity index (χ0v) is 18.2. The minimum atomic E-state index is -0.160. The van der Waals surface area contributed by atoms with Crippen molar-refractivity contribution in [1.29, 1.82) is 0 Å². The number of anilines is 1. The minimum absolute atomic E-state index is 0.0675. The van der Waals surface area contributed by atoms with Crippen molar-refractivity contribution in [1.82, 2.24) is 24.8 Å². The van der Waals surface area contributed by atoms with Crippen LogP contribution in [0.25, 0.3) is 11.2 Å². The van der Waals surface area contributed by atoms with E-state index in [1.165, 1.54) is 5.56 Å². The minimum Gasteiger partial charge on any atom is -0.348 e. The highest BCUT2D eigenvalue weighted by atomic mass is 16.2. The Morgan fingerprint density at radius 2 is 1.81 bits per heavy atom. The molecule has 8 heteroatoms. The molecule has 4 rings (SSSR count). The van der Waals surface area contributed by atoms with Gasteiger partial charge in [0.05, 0.1) is 6.54 Å². The van der Waals surface area contributed by atoms with Crippen LogP contribution in [-0.4, -0.2) is 57.7 Å². The van der Waals surface area contributed by atoms with Crippen molar-refractivity contribution in [3.05, 3.63) is 64.1 Å². The van der Waals surface area contributed by atoms with Gasteiger partial charge in [-0.25, -0.2) is 14.8 Å². The Labute approximate surface area is 181 Å². The number of nitrogens with zero attached hydrogens (tertiary/aromatic N) is 5. The van der Waals surface area contributed by atoms with Crippen molar-refractivity contribution in [3.63, 3.8) is 0 Å². The second kappa shape index (κ2) is 8.75. The summed E-state index contributed by atoms with van der Waals surface area (Å²) in [7, 11) is 0. The molecule has 0 saturated carbocycles. The summed E-state index contributed by atoms with van der Waals surface area (Å²) < 4.78 is 1.69. The number of piperazine rings is 1. The van der Waals surface area contributed by atoms with Gasteiger partial charge in [0.25, 0.3) is 5.56 Å². The Hall–Kier alpha value is -3.42. The molecule has 31 heavy (non-hydrogen) atoms. The summed E-state index contributed by atoms with van der Waals surface area (Å²) in [4.78, 5) is 38.5. The number of carbonyl (C=O) groups is 1. The molecule has 162 valence electrons. The van der Waals surface area contributed by atoms with Crippen LogP contribution in [0.15, 0.2) is 47.4 Å². The number of rotatable bonds is 4. The van der Waals surface area contributed by atoms with Gasteiger partial charge in [0.1, 0.15) is 5.52 Å². The predicted molar refractivity (Wildman–Crippen MR) is 122 cm³/mol. The maximum Gasteiger partial charge on any atom is 0.317 e. The van der Waals surface area contributed by atoms with Crippen LogP contribution < -0.4 is 15.8 Å². The van der Waals surface area contributed by atoms with E-state index in [0.717, 1.165) is 5.56 Å². The zero-order chi connectivity index (χ0) is 22.0. The van der Waals surface area contributed by atoms with E-state index in [1.807, 2.05) is 62.1 Å². The fourth-order valence-electron chi connectivity index (χ4n) is 3.75. The normalized spacial score (nSPS) is 14.3. The van der Waals surface area contributed by atoms with Crippen LogP contribution in [0.1, 0.15) is 25.0 Å². The fraction of sp³-hybridized carbons (Fsp3) is 0.391. The molecule has 0 spiro atoms. The number of amides is 2. The van der Waals surface area contributed by atoms with Gasteiger partial charge in [0.2, 0.25) is 0 Å². The smallest absolute Gasteiger partial charge is 0.317 e. The third-order valence-electron chi connectivity index (χ3n) is 5.42. The van der Waals surface area contributed by atoms with Crippen molar-refractivity contribution in [2.45, 2.75) is 33.4 Å². The number of benzene rings is 1. The first-order chi connectivity index (χ1) is 14.9. The maximum absolute atomic E-state index is 13.4. The van der Waals surface area contributed by atoms with Crippen LogP contribution in [0, 0.1) is 6.92 Å². The quantitative estimate of drug-likeness (QED) is 0.701. The first-order valence-electron chi connectivity index (χ1n) is 10.6. The zero-order valence-electron chi connectivity index (χ0n) is 18.2. The number of nitrogens with one attached hydrogen (secondary N) is 1. The highest BCUT2D eigenvalue weighted by Crippen LogP contribution is 2.16. The van der Waals surface area contributed by atoms with E-state index in [2.05, 4.69) is 15.3 Å². The van der Waals surface area contributed by atoms with E-state index in [1.54, 1.807) is 15.7 Å². The van der Waals surface area contributed by atoms with Crippen molar-refractivity contribution < 1.29 is 4.79 Å². The third-order valence-corrected chi connectivity index (χ3v) is 5.42. The molecule has 1 saturated heterocycles. The highest BCUT2D eigenvalue weighted by Gasteiger charge is 2.25. The lowest BCUT2D eigenvalue weighted by Crippen LogP contribution is -2.54. The predicted octanol–water partition coefficient (Wildman–Crippen LogP) is 2.39. The van der Waals surface area contributed by atoms with Crippen LogP contribution in [-0.2, 0) is 6.54 Å². The second-order valence-electron chi connectivity index (χ2n) is 8.24. The lowest BCUT2D eigenvalue weighted by atomic mass is 10.1. The number of fused-ring (bicyclic) bond motifs is 1. The van der Waals surface area contributed by atoms with Crippen LogP contribution in [0.2, 0.25) is 0 Å². The summed E-state index contributed by atoms with van der Waals surface area (Å²) in [6.07, 6.45) is 1.68. The molecule has 1 aliphatic heterocycles. The second-order valence-corrected chi connectivity index (χ2v) is 8.24. The molecular formula is C23H28N6O2. The van der Waals surface area contributed by atoms with E-state index in [0.29, 0.717) is 49.7 Å². The first-order valence-corrected chi connectivity index (χ1v) is 10.6. The maximum atomic E-state index is 13.4. The van der Waals surface area contributed by atoms with Crippen LogP contribution in [0.4, 0.5) is 10.6 Å². The number of aromatic nitrogens is 3. The summed E-state index contributed by atoms with van der Waals surface area (Å²) in [5.41, 5.74) is 3.31. The molecular weight excluding hydrogens is 392 g/mol. The molecule has 1 N–H and O–H groups in total. The summed E-state index contributed by atoms with van der Waals surface area (Å²) in [6, 6.07) is 11.9. The summed E-state index contributed by atoms with van der Waals surface area (Å²) in [5.74, 6) is 0.413. The van der Waals surface area contributed by atoms with Gasteiger partial charge in [0, 0.05) is 38.4 Å². The largest absolute Gasteiger partial charge is 0.348 e.